The van der Waals surface area contributed by atoms with E-state index in [1.54, 1.807) is 37.3 Å². The Bertz CT molecular complexity index is 742. The Morgan fingerprint density at radius 2 is 1.96 bits per heavy atom. The van der Waals surface area contributed by atoms with Crippen molar-refractivity contribution in [1.29, 1.82) is 0 Å². The third-order valence-corrected chi connectivity index (χ3v) is 4.47. The molecule has 1 heterocycles. The number of Topliss-reactive ketones (excluding diaryl/α,β-unsaturated/α-hetero) is 1. The van der Waals surface area contributed by atoms with Gasteiger partial charge in [0.15, 0.2) is 5.78 Å². The Labute approximate surface area is 164 Å². The van der Waals surface area contributed by atoms with Crippen molar-refractivity contribution in [1.82, 2.24) is 10.6 Å². The summed E-state index contributed by atoms with van der Waals surface area (Å²) in [5.41, 5.74) is 0.601. The monoisotopic (exact) mass is 386 g/mol. The summed E-state index contributed by atoms with van der Waals surface area (Å²) in [5, 5.41) is 5.31. The van der Waals surface area contributed by atoms with Crippen LogP contribution in [0.3, 0.4) is 0 Å². The molecule has 0 unspecified atom stereocenters. The zero-order chi connectivity index (χ0) is 20.4. The molecule has 2 N–H and O–H groups in total. The molecule has 0 aliphatic carbocycles. The van der Waals surface area contributed by atoms with Gasteiger partial charge >= 0.3 is 5.97 Å². The van der Waals surface area contributed by atoms with E-state index >= 15 is 0 Å². The van der Waals surface area contributed by atoms with E-state index < -0.39 is 11.9 Å². The van der Waals surface area contributed by atoms with Crippen LogP contribution in [-0.4, -0.2) is 36.7 Å². The Kier molecular flexibility index (Phi) is 8.39. The van der Waals surface area contributed by atoms with Crippen molar-refractivity contribution in [2.24, 2.45) is 5.92 Å². The SMILES string of the molecule is CCOC(=O)C(=CCC[C@H]1CCNC1=O)NC(=O)CCC(=O)c1ccccc1. The van der Waals surface area contributed by atoms with Gasteiger partial charge in [0, 0.05) is 30.9 Å². The van der Waals surface area contributed by atoms with E-state index in [0.29, 0.717) is 24.9 Å². The van der Waals surface area contributed by atoms with Gasteiger partial charge in [-0.05, 0) is 26.2 Å². The first kappa shape index (κ1) is 21.3. The fourth-order valence-corrected chi connectivity index (χ4v) is 2.95. The Morgan fingerprint density at radius 1 is 1.21 bits per heavy atom. The molecule has 0 bridgehead atoms. The first-order chi connectivity index (χ1) is 13.5. The molecule has 1 fully saturated rings. The summed E-state index contributed by atoms with van der Waals surface area (Å²) in [7, 11) is 0. The van der Waals surface area contributed by atoms with Crippen LogP contribution in [0.15, 0.2) is 42.1 Å². The molecule has 2 rings (SSSR count). The van der Waals surface area contributed by atoms with E-state index in [-0.39, 0.29) is 42.8 Å². The molecule has 1 aliphatic heterocycles. The number of nitrogens with one attached hydrogen (secondary N) is 2. The molecule has 1 aromatic rings. The lowest BCUT2D eigenvalue weighted by molar-refractivity contribution is -0.140. The van der Waals surface area contributed by atoms with Crippen LogP contribution in [0.4, 0.5) is 0 Å². The van der Waals surface area contributed by atoms with Crippen LogP contribution in [0.2, 0.25) is 0 Å². The van der Waals surface area contributed by atoms with Crippen LogP contribution in [0, 0.1) is 5.92 Å². The average molecular weight is 386 g/mol. The van der Waals surface area contributed by atoms with E-state index in [2.05, 4.69) is 10.6 Å². The summed E-state index contributed by atoms with van der Waals surface area (Å²) in [6.45, 7) is 2.53. The summed E-state index contributed by atoms with van der Waals surface area (Å²) in [6, 6.07) is 8.74. The molecule has 0 aromatic heterocycles. The van der Waals surface area contributed by atoms with Crippen LogP contribution >= 0.6 is 0 Å². The number of hydrogen-bond donors (Lipinski definition) is 2. The minimum absolute atomic E-state index is 0.0227. The maximum atomic E-state index is 12.2. The zero-order valence-corrected chi connectivity index (χ0v) is 16.0. The van der Waals surface area contributed by atoms with Gasteiger partial charge < -0.3 is 15.4 Å². The molecule has 0 spiro atoms. The quantitative estimate of drug-likeness (QED) is 0.364. The van der Waals surface area contributed by atoms with Gasteiger partial charge in [0.25, 0.3) is 0 Å². The van der Waals surface area contributed by atoms with Crippen LogP contribution in [0.5, 0.6) is 0 Å². The van der Waals surface area contributed by atoms with Crippen LogP contribution in [-0.2, 0) is 19.1 Å². The highest BCUT2D eigenvalue weighted by molar-refractivity contribution is 5.99. The third-order valence-electron chi connectivity index (χ3n) is 4.47. The Morgan fingerprint density at radius 3 is 2.61 bits per heavy atom. The highest BCUT2D eigenvalue weighted by Crippen LogP contribution is 2.16. The second-order valence-corrected chi connectivity index (χ2v) is 6.53. The molecule has 28 heavy (non-hydrogen) atoms. The maximum Gasteiger partial charge on any atom is 0.354 e. The van der Waals surface area contributed by atoms with Crippen molar-refractivity contribution in [3.05, 3.63) is 47.7 Å². The number of allylic oxidation sites excluding steroid dienone is 1. The smallest absolute Gasteiger partial charge is 0.354 e. The number of carbonyl (C=O) groups excluding carboxylic acids is 4. The minimum atomic E-state index is -0.624. The minimum Gasteiger partial charge on any atom is -0.461 e. The predicted octanol–water partition coefficient (Wildman–Crippen LogP) is 2.13. The van der Waals surface area contributed by atoms with Crippen molar-refractivity contribution in [3.63, 3.8) is 0 Å². The van der Waals surface area contributed by atoms with Crippen LogP contribution in [0.25, 0.3) is 0 Å². The van der Waals surface area contributed by atoms with Crippen LogP contribution < -0.4 is 10.6 Å². The number of ketones is 1. The average Bonchev–Trinajstić information content (AvgIpc) is 3.11. The Balaban J connectivity index is 1.88. The first-order valence-corrected chi connectivity index (χ1v) is 9.54. The predicted molar refractivity (Wildman–Crippen MR) is 103 cm³/mol. The normalized spacial score (nSPS) is 16.4. The molecule has 1 aromatic carbocycles. The fourth-order valence-electron chi connectivity index (χ4n) is 2.95. The highest BCUT2D eigenvalue weighted by atomic mass is 16.5. The first-order valence-electron chi connectivity index (χ1n) is 9.54. The van der Waals surface area contributed by atoms with E-state index in [4.69, 9.17) is 4.74 Å². The molecule has 1 saturated heterocycles. The summed E-state index contributed by atoms with van der Waals surface area (Å²) >= 11 is 0. The molecule has 150 valence electrons. The highest BCUT2D eigenvalue weighted by Gasteiger charge is 2.23. The number of benzene rings is 1. The molecule has 1 aliphatic rings. The second-order valence-electron chi connectivity index (χ2n) is 6.53. The largest absolute Gasteiger partial charge is 0.461 e. The summed E-state index contributed by atoms with van der Waals surface area (Å²) in [4.78, 5) is 48.0. The number of carbonyl (C=O) groups is 4. The van der Waals surface area contributed by atoms with Crippen molar-refractivity contribution in [3.8, 4) is 0 Å². The molecular formula is C21H26N2O5. The van der Waals surface area contributed by atoms with Crippen molar-refractivity contribution < 1.29 is 23.9 Å². The van der Waals surface area contributed by atoms with Gasteiger partial charge in [-0.15, -0.1) is 0 Å². The maximum absolute atomic E-state index is 12.2. The van der Waals surface area contributed by atoms with E-state index in [1.165, 1.54) is 0 Å². The fraction of sp³-hybridized carbons (Fsp3) is 0.429. The van der Waals surface area contributed by atoms with Gasteiger partial charge in [-0.1, -0.05) is 36.4 Å². The van der Waals surface area contributed by atoms with Gasteiger partial charge in [0.05, 0.1) is 6.61 Å². The molecule has 1 atom stereocenters. The summed E-state index contributed by atoms with van der Waals surface area (Å²) in [6.07, 6.45) is 3.44. The van der Waals surface area contributed by atoms with Gasteiger partial charge in [-0.3, -0.25) is 14.4 Å². The number of rotatable bonds is 10. The van der Waals surface area contributed by atoms with Gasteiger partial charge in [0.1, 0.15) is 5.70 Å². The number of amides is 2. The molecule has 7 heteroatoms. The van der Waals surface area contributed by atoms with Crippen LogP contribution in [0.1, 0.15) is 49.4 Å². The Hall–Kier alpha value is -2.96. The molecule has 0 saturated carbocycles. The van der Waals surface area contributed by atoms with Crippen molar-refractivity contribution in [2.75, 3.05) is 13.2 Å². The van der Waals surface area contributed by atoms with Gasteiger partial charge in [0.2, 0.25) is 11.8 Å². The van der Waals surface area contributed by atoms with E-state index in [9.17, 15) is 19.2 Å². The second kappa shape index (κ2) is 11.0. The lowest BCUT2D eigenvalue weighted by Crippen LogP contribution is -2.29. The molecular weight excluding hydrogens is 360 g/mol. The third kappa shape index (κ3) is 6.64. The molecule has 7 nitrogen and oxygen atoms in total. The van der Waals surface area contributed by atoms with Gasteiger partial charge in [-0.2, -0.15) is 0 Å². The topological polar surface area (TPSA) is 102 Å². The van der Waals surface area contributed by atoms with Gasteiger partial charge in [-0.25, -0.2) is 4.79 Å². The van der Waals surface area contributed by atoms with E-state index in [0.717, 1.165) is 6.42 Å². The standard InChI is InChI=1S/C21H26N2O5/c1-2-28-21(27)17(10-6-9-16-13-14-22-20(16)26)23-19(25)12-11-18(24)15-7-4-3-5-8-15/h3-5,7-8,10,16H,2,6,9,11-14H2,1H3,(H,22,26)(H,23,25)/t16-/m0/s1. The number of ether oxygens (including phenoxy) is 1. The number of esters is 1. The molecule has 0 radical (unpaired) electrons. The summed E-state index contributed by atoms with van der Waals surface area (Å²) in [5.74, 6) is -1.23. The zero-order valence-electron chi connectivity index (χ0n) is 16.0. The number of hydrogen-bond acceptors (Lipinski definition) is 5. The summed E-state index contributed by atoms with van der Waals surface area (Å²) < 4.78 is 4.98. The lowest BCUT2D eigenvalue weighted by atomic mass is 10.0. The molecule has 2 amide bonds. The van der Waals surface area contributed by atoms with E-state index in [1.807, 2.05) is 6.07 Å². The lowest BCUT2D eigenvalue weighted by Gasteiger charge is -2.10. The van der Waals surface area contributed by atoms with Crippen molar-refractivity contribution >= 4 is 23.6 Å². The van der Waals surface area contributed by atoms with Crippen molar-refractivity contribution in [2.45, 2.75) is 39.0 Å².